The quantitative estimate of drug-likeness (QED) is 0.140. The molecule has 62 heavy (non-hydrogen) atoms. The number of benzene rings is 7. The summed E-state index contributed by atoms with van der Waals surface area (Å²) in [6.45, 7) is 2.17. The van der Waals surface area contributed by atoms with Crippen LogP contribution in [0.2, 0.25) is 0 Å². The first-order valence-electron chi connectivity index (χ1n) is 20.2. The molecule has 294 valence electrons. The van der Waals surface area contributed by atoms with Crippen molar-refractivity contribution in [2.75, 3.05) is 0 Å². The van der Waals surface area contributed by atoms with Gasteiger partial charge in [-0.2, -0.15) is 0 Å². The van der Waals surface area contributed by atoms with Gasteiger partial charge >= 0.3 is 0 Å². The number of rotatable bonds is 8. The van der Waals surface area contributed by atoms with Crippen LogP contribution in [0.5, 0.6) is 0 Å². The normalized spacial score (nSPS) is 12.8. The van der Waals surface area contributed by atoms with E-state index in [1.165, 1.54) is 14.7 Å². The molecule has 2 aliphatic rings. The van der Waals surface area contributed by atoms with Crippen molar-refractivity contribution in [2.45, 2.75) is 26.5 Å². The van der Waals surface area contributed by atoms with Gasteiger partial charge in [0.1, 0.15) is 0 Å². The van der Waals surface area contributed by atoms with Crippen molar-refractivity contribution < 1.29 is 0 Å². The lowest BCUT2D eigenvalue weighted by molar-refractivity contribution is 1.05. The molecule has 2 aromatic heterocycles. The van der Waals surface area contributed by atoms with E-state index >= 15 is 0 Å². The third-order valence-electron chi connectivity index (χ3n) is 10.7. The van der Waals surface area contributed by atoms with Crippen molar-refractivity contribution in [2.24, 2.45) is 0 Å². The molecule has 0 N–H and O–H groups in total. The Hall–Kier alpha value is -7.04. The van der Waals surface area contributed by atoms with E-state index in [0.29, 0.717) is 34.9 Å². The zero-order valence-electron chi connectivity index (χ0n) is 33.3. The zero-order valence-corrected chi connectivity index (χ0v) is 35.8. The van der Waals surface area contributed by atoms with Gasteiger partial charge in [0.15, 0.2) is 34.9 Å². The molecule has 6 nitrogen and oxygen atoms in total. The summed E-state index contributed by atoms with van der Waals surface area (Å²) in [6.07, 6.45) is 2.18. The highest BCUT2D eigenvalue weighted by Gasteiger charge is 2.23. The van der Waals surface area contributed by atoms with Gasteiger partial charge < -0.3 is 0 Å². The molecule has 0 bridgehead atoms. The fourth-order valence-electron chi connectivity index (χ4n) is 7.58. The Labute approximate surface area is 371 Å². The summed E-state index contributed by atoms with van der Waals surface area (Å²) in [7, 11) is 1.64. The lowest BCUT2D eigenvalue weighted by Gasteiger charge is -2.20. The predicted molar refractivity (Wildman–Crippen MR) is 257 cm³/mol. The number of aromatic nitrogens is 6. The first kappa shape index (κ1) is 37.9. The van der Waals surface area contributed by atoms with Crippen LogP contribution in [-0.4, -0.2) is 40.1 Å². The maximum atomic E-state index is 5.19. The lowest BCUT2D eigenvalue weighted by Crippen LogP contribution is -2.07. The number of aryl methyl sites for hydroxylation is 1. The average molecular weight is 851 g/mol. The minimum atomic E-state index is 0.631. The summed E-state index contributed by atoms with van der Waals surface area (Å²) >= 11 is 3.57. The van der Waals surface area contributed by atoms with Crippen LogP contribution in [0, 0.1) is 6.92 Å². The summed E-state index contributed by atoms with van der Waals surface area (Å²) < 4.78 is 0. The first-order chi connectivity index (χ1) is 30.6. The van der Waals surface area contributed by atoms with E-state index < -0.39 is 0 Å². The van der Waals surface area contributed by atoms with Gasteiger partial charge in [-0.15, -0.1) is 10.9 Å². The molecule has 9 heteroatoms. The number of hydrogen-bond acceptors (Lipinski definition) is 8. The Kier molecular flexibility index (Phi) is 10.1. The highest BCUT2D eigenvalue weighted by molar-refractivity contribution is 8.05. The number of allylic oxidation sites excluding steroid dienone is 2. The number of nitrogens with zero attached hydrogens (tertiary/aromatic N) is 6. The van der Waals surface area contributed by atoms with E-state index in [9.17, 15) is 0 Å². The Bertz CT molecular complexity index is 3230. The van der Waals surface area contributed by atoms with Crippen LogP contribution >= 0.6 is 34.5 Å². The fraction of sp³-hybridized carbons (Fsp3) is 0.0189. The maximum Gasteiger partial charge on any atom is 0.174 e. The van der Waals surface area contributed by atoms with E-state index in [1.807, 2.05) is 78.9 Å². The van der Waals surface area contributed by atoms with Crippen LogP contribution in [0.3, 0.4) is 0 Å². The van der Waals surface area contributed by atoms with E-state index in [1.54, 1.807) is 34.5 Å². The highest BCUT2D eigenvalue weighted by Crippen LogP contribution is 2.51. The fourth-order valence-corrected chi connectivity index (χ4v) is 10.8. The summed E-state index contributed by atoms with van der Waals surface area (Å²) in [6, 6.07) is 60.5. The zero-order chi connectivity index (χ0) is 41.4. The molecule has 0 amide bonds. The minimum absolute atomic E-state index is 0.631. The van der Waals surface area contributed by atoms with Crippen molar-refractivity contribution >= 4 is 50.3 Å². The lowest BCUT2D eigenvalue weighted by atomic mass is 9.95. The molecule has 7 aromatic carbocycles. The van der Waals surface area contributed by atoms with Gasteiger partial charge in [-0.25, -0.2) is 29.9 Å². The minimum Gasteiger partial charge on any atom is -0.208 e. The van der Waals surface area contributed by atoms with Gasteiger partial charge in [-0.1, -0.05) is 169 Å². The average Bonchev–Trinajstić information content (AvgIpc) is 3.85. The summed E-state index contributed by atoms with van der Waals surface area (Å²) in [4.78, 5) is 36.0. The van der Waals surface area contributed by atoms with Crippen molar-refractivity contribution in [3.05, 3.63) is 199 Å². The van der Waals surface area contributed by atoms with Gasteiger partial charge in [0.2, 0.25) is 0 Å². The van der Waals surface area contributed by atoms with E-state index in [0.717, 1.165) is 65.4 Å². The molecule has 0 spiro atoms. The monoisotopic (exact) mass is 850 g/mol. The van der Waals surface area contributed by atoms with Gasteiger partial charge in [-0.05, 0) is 76.5 Å². The second-order valence-electron chi connectivity index (χ2n) is 14.8. The van der Waals surface area contributed by atoms with Crippen molar-refractivity contribution in [1.29, 1.82) is 0 Å². The third kappa shape index (κ3) is 7.51. The predicted octanol–water partition coefficient (Wildman–Crippen LogP) is 13.1. The summed E-state index contributed by atoms with van der Waals surface area (Å²) in [5.41, 5.74) is 10.4. The largest absolute Gasteiger partial charge is 0.208 e. The maximum absolute atomic E-state index is 5.19. The second-order valence-corrected chi connectivity index (χ2v) is 17.9. The molecule has 0 unspecified atom stereocenters. The molecule has 0 radical (unpaired) electrons. The topological polar surface area (TPSA) is 77.3 Å². The van der Waals surface area contributed by atoms with Gasteiger partial charge in [0.05, 0.1) is 4.86 Å². The first-order valence-corrected chi connectivity index (χ1v) is 22.7. The number of hydrogen-bond donors (Lipinski definition) is 0. The van der Waals surface area contributed by atoms with Gasteiger partial charge in [0.25, 0.3) is 0 Å². The molecule has 9 aromatic rings. The van der Waals surface area contributed by atoms with Crippen LogP contribution in [0.4, 0.5) is 0 Å². The molecule has 0 atom stereocenters. The van der Waals surface area contributed by atoms with Crippen LogP contribution in [-0.2, 0) is 0 Å². The number of fused-ring (bicyclic) bond motifs is 2. The van der Waals surface area contributed by atoms with Crippen molar-refractivity contribution in [1.82, 2.24) is 29.9 Å². The molecule has 11 rings (SSSR count). The SMILES string of the molecule is Cc1cc(C2=CC(c3nc(-c4ccccc4)nc(-c4ccccc4)n3)=S=C2)ccc1-c1cccc(-c2nc(-c3ccccc3)nc(-c3cccc4c3Sc3ccccc3S4)n2)c1. The molecule has 2 aliphatic heterocycles. The molecular formula is C53H34N6S3. The van der Waals surface area contributed by atoms with Crippen LogP contribution in [0.1, 0.15) is 17.0 Å². The van der Waals surface area contributed by atoms with Crippen LogP contribution in [0.15, 0.2) is 202 Å². The summed E-state index contributed by atoms with van der Waals surface area (Å²) in [5.74, 6) is 3.89. The Morgan fingerprint density at radius 1 is 0.355 bits per heavy atom. The molecule has 0 fully saturated rings. The smallest absolute Gasteiger partial charge is 0.174 e. The van der Waals surface area contributed by atoms with Crippen LogP contribution < -0.4 is 0 Å². The van der Waals surface area contributed by atoms with Gasteiger partial charge in [0, 0.05) is 47.4 Å². The van der Waals surface area contributed by atoms with Crippen molar-refractivity contribution in [3.63, 3.8) is 0 Å². The Morgan fingerprint density at radius 2 is 0.855 bits per heavy atom. The van der Waals surface area contributed by atoms with Crippen molar-refractivity contribution in [3.8, 4) is 68.1 Å². The molecule has 0 saturated carbocycles. The standard InChI is InChI=1S/C53H34N6S3/c1-33-29-37(40-31-46(60-32-40)53-58-49(35-17-7-3-8-18-35)54-50(59-53)36-19-9-4-10-20-36)27-28-41(33)38-21-13-22-39(30-38)51-55-48(34-15-5-2-6-16-34)56-52(57-51)42-23-14-26-45-47(42)62-44-25-12-11-24-43(44)61-45/h2-32H,1H3. The van der Waals surface area contributed by atoms with Gasteiger partial charge in [-0.3, -0.25) is 0 Å². The van der Waals surface area contributed by atoms with E-state index in [4.69, 9.17) is 29.9 Å². The molecule has 4 heterocycles. The summed E-state index contributed by atoms with van der Waals surface area (Å²) in [5, 5.41) is 2.18. The second kappa shape index (κ2) is 16.4. The van der Waals surface area contributed by atoms with E-state index in [-0.39, 0.29) is 0 Å². The van der Waals surface area contributed by atoms with Crippen LogP contribution in [0.25, 0.3) is 73.6 Å². The Balaban J connectivity index is 0.920. The third-order valence-corrected chi connectivity index (χ3v) is 14.2. The van der Waals surface area contributed by atoms with E-state index in [2.05, 4.69) is 115 Å². The molecule has 0 aliphatic carbocycles. The molecule has 0 saturated heterocycles. The highest BCUT2D eigenvalue weighted by atomic mass is 32.2. The Morgan fingerprint density at radius 3 is 1.48 bits per heavy atom. The molecular weight excluding hydrogens is 817 g/mol.